The van der Waals surface area contributed by atoms with E-state index in [4.69, 9.17) is 9.47 Å². The Morgan fingerprint density at radius 3 is 2.27 bits per heavy atom. The molecule has 15 heteroatoms. The number of carbonyl (C=O) groups excluding carboxylic acids is 2. The first-order valence-corrected chi connectivity index (χ1v) is 15.3. The van der Waals surface area contributed by atoms with Crippen molar-refractivity contribution in [3.8, 4) is 16.9 Å². The van der Waals surface area contributed by atoms with Crippen LogP contribution in [-0.4, -0.2) is 92.4 Å². The van der Waals surface area contributed by atoms with Crippen LogP contribution < -0.4 is 15.0 Å². The first-order valence-electron chi connectivity index (χ1n) is 15.3. The summed E-state index contributed by atoms with van der Waals surface area (Å²) in [5.41, 5.74) is 0.717. The molecule has 2 aliphatic rings. The fourth-order valence-electron chi connectivity index (χ4n) is 6.08. The van der Waals surface area contributed by atoms with Crippen LogP contribution in [0, 0.1) is 0 Å². The van der Waals surface area contributed by atoms with Crippen molar-refractivity contribution < 1.29 is 45.4 Å². The summed E-state index contributed by atoms with van der Waals surface area (Å²) in [6.45, 7) is 2.82. The Labute approximate surface area is 273 Å². The molecule has 3 aromatic rings. The lowest BCUT2D eigenvalue weighted by Gasteiger charge is -2.35. The normalized spacial score (nSPS) is 17.8. The van der Waals surface area contributed by atoms with Crippen LogP contribution in [0.1, 0.15) is 34.3 Å². The summed E-state index contributed by atoms with van der Waals surface area (Å²) in [5, 5.41) is 2.67. The highest BCUT2D eigenvalue weighted by Gasteiger charge is 2.46. The molecule has 2 aliphatic heterocycles. The topological polar surface area (TPSA) is 87.2 Å². The lowest BCUT2D eigenvalue weighted by atomic mass is 9.98. The number of hydrogen-bond donors (Lipinski definition) is 1. The smallest absolute Gasteiger partial charge is 0.419 e. The van der Waals surface area contributed by atoms with E-state index in [1.54, 1.807) is 24.3 Å². The highest BCUT2D eigenvalue weighted by molar-refractivity contribution is 6.04. The maximum Gasteiger partial charge on any atom is 0.419 e. The van der Waals surface area contributed by atoms with Crippen LogP contribution >= 0.6 is 0 Å². The second-order valence-electron chi connectivity index (χ2n) is 11.6. The van der Waals surface area contributed by atoms with Gasteiger partial charge in [-0.25, -0.2) is 4.98 Å². The molecular formula is C33H35F6N5O4. The summed E-state index contributed by atoms with van der Waals surface area (Å²) in [6, 6.07) is 9.97. The zero-order valence-electron chi connectivity index (χ0n) is 26.3. The van der Waals surface area contributed by atoms with Gasteiger partial charge in [0, 0.05) is 55.7 Å². The molecule has 1 amide bonds. The standard InChI is InChI=1S/C33H35F6N5O4/c1-47-27-10-7-22(16-26(27)32(34,35)36)25-18-40-29(17-23(25)19-44-11-3-4-28(44)33(37,38)39)41-31(46)21-5-8-24(9-6-21)43-14-12-42(13-15-43)20-30(45)48-2/h5-10,16-18,28H,3-4,11-15,19-20H2,1-2H3,(H,40,41,46)/t28-/m0/s1. The molecule has 0 unspecified atom stereocenters. The Balaban J connectivity index is 1.36. The molecule has 258 valence electrons. The number of nitrogens with zero attached hydrogens (tertiary/aromatic N) is 4. The van der Waals surface area contributed by atoms with Crippen LogP contribution in [0.3, 0.4) is 0 Å². The molecule has 5 rings (SSSR count). The van der Waals surface area contributed by atoms with Crippen molar-refractivity contribution in [1.29, 1.82) is 0 Å². The van der Waals surface area contributed by atoms with Crippen molar-refractivity contribution >= 4 is 23.4 Å². The number of benzene rings is 2. The van der Waals surface area contributed by atoms with Crippen molar-refractivity contribution in [2.75, 3.05) is 63.7 Å². The number of esters is 1. The predicted molar refractivity (Wildman–Crippen MR) is 166 cm³/mol. The second kappa shape index (κ2) is 14.4. The van der Waals surface area contributed by atoms with E-state index < -0.39 is 35.6 Å². The molecular weight excluding hydrogens is 644 g/mol. The summed E-state index contributed by atoms with van der Waals surface area (Å²) in [5.74, 6) is -1.17. The van der Waals surface area contributed by atoms with E-state index in [1.165, 1.54) is 30.3 Å². The number of piperazine rings is 1. The third-order valence-corrected chi connectivity index (χ3v) is 8.61. The summed E-state index contributed by atoms with van der Waals surface area (Å²) in [6.07, 6.45) is -7.74. The Kier molecular flexibility index (Phi) is 10.5. The maximum atomic E-state index is 13.8. The number of halogens is 6. The number of methoxy groups -OCH3 is 2. The van der Waals surface area contributed by atoms with Crippen molar-refractivity contribution in [3.05, 3.63) is 71.4 Å². The number of rotatable bonds is 9. The van der Waals surface area contributed by atoms with Crippen LogP contribution in [-0.2, 0) is 22.3 Å². The van der Waals surface area contributed by atoms with Crippen LogP contribution in [0.4, 0.5) is 37.8 Å². The third kappa shape index (κ3) is 8.19. The molecule has 1 aromatic heterocycles. The van der Waals surface area contributed by atoms with Crippen LogP contribution in [0.15, 0.2) is 54.7 Å². The minimum absolute atomic E-state index is 0.0388. The van der Waals surface area contributed by atoms with Crippen LogP contribution in [0.25, 0.3) is 11.1 Å². The van der Waals surface area contributed by atoms with Crippen LogP contribution in [0.2, 0.25) is 0 Å². The fourth-order valence-corrected chi connectivity index (χ4v) is 6.08. The van der Waals surface area contributed by atoms with E-state index in [0.717, 1.165) is 24.9 Å². The van der Waals surface area contributed by atoms with Gasteiger partial charge in [-0.2, -0.15) is 26.3 Å². The SMILES string of the molecule is COC(=O)CN1CCN(c2ccc(C(=O)Nc3cc(CN4CCC[C@H]4C(F)(F)F)c(-c4ccc(OC)c(C(F)(F)F)c4)cn3)cc2)CC1. The Hall–Kier alpha value is -4.37. The van der Waals surface area contributed by atoms with Gasteiger partial charge in [0.25, 0.3) is 5.91 Å². The van der Waals surface area contributed by atoms with Gasteiger partial charge in [0.2, 0.25) is 0 Å². The molecule has 48 heavy (non-hydrogen) atoms. The highest BCUT2D eigenvalue weighted by Crippen LogP contribution is 2.40. The zero-order valence-corrected chi connectivity index (χ0v) is 26.3. The van der Waals surface area contributed by atoms with Gasteiger partial charge in [0.15, 0.2) is 0 Å². The lowest BCUT2D eigenvalue weighted by molar-refractivity contribution is -0.177. The molecule has 0 radical (unpaired) electrons. The molecule has 2 saturated heterocycles. The van der Waals surface area contributed by atoms with E-state index in [-0.39, 0.29) is 54.5 Å². The van der Waals surface area contributed by atoms with Crippen molar-refractivity contribution in [1.82, 2.24) is 14.8 Å². The van der Waals surface area contributed by atoms with E-state index in [1.807, 2.05) is 4.90 Å². The summed E-state index contributed by atoms with van der Waals surface area (Å²) >= 11 is 0. The van der Waals surface area contributed by atoms with Gasteiger partial charge in [-0.1, -0.05) is 6.07 Å². The first kappa shape index (κ1) is 35.0. The third-order valence-electron chi connectivity index (χ3n) is 8.61. The predicted octanol–water partition coefficient (Wildman–Crippen LogP) is 5.85. The van der Waals surface area contributed by atoms with Gasteiger partial charge in [-0.15, -0.1) is 0 Å². The minimum Gasteiger partial charge on any atom is -0.496 e. The Morgan fingerprint density at radius 1 is 0.938 bits per heavy atom. The molecule has 0 saturated carbocycles. The molecule has 1 N–H and O–H groups in total. The van der Waals surface area contributed by atoms with Gasteiger partial charge in [-0.05, 0) is 73.0 Å². The molecule has 3 heterocycles. The number of hydrogen-bond acceptors (Lipinski definition) is 8. The van der Waals surface area contributed by atoms with E-state index in [0.29, 0.717) is 38.2 Å². The number of likely N-dealkylation sites (tertiary alicyclic amines) is 1. The first-order chi connectivity index (χ1) is 22.8. The average Bonchev–Trinajstić information content (AvgIpc) is 3.54. The van der Waals surface area contributed by atoms with Gasteiger partial charge >= 0.3 is 18.3 Å². The van der Waals surface area contributed by atoms with Crippen molar-refractivity contribution in [2.45, 2.75) is 37.8 Å². The van der Waals surface area contributed by atoms with Gasteiger partial charge in [0.05, 0.1) is 26.3 Å². The minimum atomic E-state index is -4.74. The number of amides is 1. The molecule has 2 fully saturated rings. The van der Waals surface area contributed by atoms with Gasteiger partial charge in [-0.3, -0.25) is 19.4 Å². The van der Waals surface area contributed by atoms with E-state index >= 15 is 0 Å². The van der Waals surface area contributed by atoms with Crippen molar-refractivity contribution in [3.63, 3.8) is 0 Å². The maximum absolute atomic E-state index is 13.8. The number of pyridine rings is 1. The molecule has 9 nitrogen and oxygen atoms in total. The number of anilines is 2. The number of ether oxygens (including phenoxy) is 2. The van der Waals surface area contributed by atoms with Crippen molar-refractivity contribution in [2.24, 2.45) is 0 Å². The molecule has 0 aliphatic carbocycles. The number of nitrogens with one attached hydrogen (secondary N) is 1. The lowest BCUT2D eigenvalue weighted by Crippen LogP contribution is -2.48. The number of alkyl halides is 6. The average molecular weight is 680 g/mol. The summed E-state index contributed by atoms with van der Waals surface area (Å²) in [4.78, 5) is 34.3. The van der Waals surface area contributed by atoms with E-state index in [9.17, 15) is 35.9 Å². The molecule has 0 bridgehead atoms. The van der Waals surface area contributed by atoms with Gasteiger partial charge < -0.3 is 19.7 Å². The largest absolute Gasteiger partial charge is 0.496 e. The quantitative estimate of drug-likeness (QED) is 0.223. The number of carbonyl (C=O) groups is 2. The van der Waals surface area contributed by atoms with Gasteiger partial charge in [0.1, 0.15) is 17.6 Å². The second-order valence-corrected chi connectivity index (χ2v) is 11.6. The monoisotopic (exact) mass is 679 g/mol. The Bertz CT molecular complexity index is 1610. The van der Waals surface area contributed by atoms with E-state index in [2.05, 4.69) is 15.2 Å². The highest BCUT2D eigenvalue weighted by atomic mass is 19.4. The molecule has 0 spiro atoms. The molecule has 1 atom stereocenters. The van der Waals surface area contributed by atoms with Crippen LogP contribution in [0.5, 0.6) is 5.75 Å². The fraction of sp³-hybridized carbons (Fsp3) is 0.424. The number of aromatic nitrogens is 1. The summed E-state index contributed by atoms with van der Waals surface area (Å²) < 4.78 is 92.4. The zero-order chi connectivity index (χ0) is 34.6. The summed E-state index contributed by atoms with van der Waals surface area (Å²) in [7, 11) is 2.46. The Morgan fingerprint density at radius 2 is 1.65 bits per heavy atom. The molecule has 2 aromatic carbocycles.